The zero-order chi connectivity index (χ0) is 10.5. The summed E-state index contributed by atoms with van der Waals surface area (Å²) in [6.07, 6.45) is 2.80. The lowest BCUT2D eigenvalue weighted by molar-refractivity contribution is 0.129. The van der Waals surface area contributed by atoms with Gasteiger partial charge >= 0.3 is 0 Å². The van der Waals surface area contributed by atoms with Gasteiger partial charge in [-0.2, -0.15) is 0 Å². The minimum atomic E-state index is 0.418. The van der Waals surface area contributed by atoms with Crippen molar-refractivity contribution in [2.75, 3.05) is 24.2 Å². The highest BCUT2D eigenvalue weighted by Crippen LogP contribution is 2.28. The van der Waals surface area contributed by atoms with Crippen molar-refractivity contribution in [3.63, 3.8) is 0 Å². The van der Waals surface area contributed by atoms with E-state index in [1.54, 1.807) is 23.1 Å². The molecule has 1 aromatic rings. The summed E-state index contributed by atoms with van der Waals surface area (Å²) in [6, 6.07) is 0. The number of aromatic nitrogens is 2. The maximum atomic E-state index is 5.55. The van der Waals surface area contributed by atoms with Crippen molar-refractivity contribution in [2.24, 2.45) is 0 Å². The van der Waals surface area contributed by atoms with E-state index >= 15 is 0 Å². The molecule has 15 heavy (non-hydrogen) atoms. The Hall–Kier alpha value is -0.330. The standard InChI is InChI=1S/C9H15N3OS2/c1-2-10-8-11-12-9(15-8)14-6-7-4-3-5-13-7/h7H,2-6H2,1H3,(H,10,11). The predicted octanol–water partition coefficient (Wildman–Crippen LogP) is 2.24. The Balaban J connectivity index is 1.77. The molecular formula is C9H15N3OS2. The minimum Gasteiger partial charge on any atom is -0.377 e. The molecule has 1 aromatic heterocycles. The van der Waals surface area contributed by atoms with Gasteiger partial charge in [0.05, 0.1) is 6.10 Å². The van der Waals surface area contributed by atoms with Crippen LogP contribution in [0.2, 0.25) is 0 Å². The number of rotatable bonds is 5. The Morgan fingerprint density at radius 3 is 3.27 bits per heavy atom. The topological polar surface area (TPSA) is 47.0 Å². The Labute approximate surface area is 97.8 Å². The van der Waals surface area contributed by atoms with Gasteiger partial charge in [0.15, 0.2) is 4.34 Å². The Kier molecular flexibility index (Phi) is 4.22. The summed E-state index contributed by atoms with van der Waals surface area (Å²) in [5, 5.41) is 12.2. The average molecular weight is 245 g/mol. The van der Waals surface area contributed by atoms with Crippen LogP contribution in [-0.2, 0) is 4.74 Å². The zero-order valence-corrected chi connectivity index (χ0v) is 10.4. The molecule has 0 amide bonds. The van der Waals surface area contributed by atoms with Crippen LogP contribution in [-0.4, -0.2) is 35.2 Å². The molecule has 2 rings (SSSR count). The lowest BCUT2D eigenvalue weighted by Gasteiger charge is -2.05. The molecule has 2 heterocycles. The van der Waals surface area contributed by atoms with Crippen LogP contribution in [0.15, 0.2) is 4.34 Å². The molecule has 0 bridgehead atoms. The molecule has 6 heteroatoms. The second-order valence-corrected chi connectivity index (χ2v) is 5.59. The zero-order valence-electron chi connectivity index (χ0n) is 8.73. The van der Waals surface area contributed by atoms with Crippen molar-refractivity contribution in [1.29, 1.82) is 0 Å². The average Bonchev–Trinajstić information content (AvgIpc) is 2.85. The van der Waals surface area contributed by atoms with Gasteiger partial charge in [0.1, 0.15) is 0 Å². The molecule has 4 nitrogen and oxygen atoms in total. The molecule has 0 spiro atoms. The number of anilines is 1. The third-order valence-electron chi connectivity index (χ3n) is 2.15. The first-order chi connectivity index (χ1) is 7.38. The number of hydrogen-bond donors (Lipinski definition) is 1. The predicted molar refractivity (Wildman–Crippen MR) is 63.8 cm³/mol. The maximum Gasteiger partial charge on any atom is 0.206 e. The van der Waals surface area contributed by atoms with Gasteiger partial charge in [-0.3, -0.25) is 0 Å². The highest BCUT2D eigenvalue weighted by molar-refractivity contribution is 8.01. The summed E-state index contributed by atoms with van der Waals surface area (Å²) in [4.78, 5) is 0. The highest BCUT2D eigenvalue weighted by Gasteiger charge is 2.16. The van der Waals surface area contributed by atoms with E-state index in [1.165, 1.54) is 12.8 Å². The SMILES string of the molecule is CCNc1nnc(SCC2CCCO2)s1. The van der Waals surface area contributed by atoms with Crippen LogP contribution >= 0.6 is 23.1 Å². The van der Waals surface area contributed by atoms with Crippen molar-refractivity contribution in [3.05, 3.63) is 0 Å². The second-order valence-electron chi connectivity index (χ2n) is 3.35. The molecule has 0 saturated carbocycles. The smallest absolute Gasteiger partial charge is 0.206 e. The number of thioether (sulfide) groups is 1. The monoisotopic (exact) mass is 245 g/mol. The van der Waals surface area contributed by atoms with E-state index in [9.17, 15) is 0 Å². The molecule has 84 valence electrons. The third-order valence-corrected chi connectivity index (χ3v) is 4.30. The quantitative estimate of drug-likeness (QED) is 0.806. The Morgan fingerprint density at radius 1 is 1.60 bits per heavy atom. The molecule has 0 radical (unpaired) electrons. The van der Waals surface area contributed by atoms with Crippen molar-refractivity contribution in [1.82, 2.24) is 10.2 Å². The van der Waals surface area contributed by atoms with E-state index in [0.29, 0.717) is 6.10 Å². The maximum absolute atomic E-state index is 5.55. The van der Waals surface area contributed by atoms with Crippen LogP contribution in [0.3, 0.4) is 0 Å². The van der Waals surface area contributed by atoms with Gasteiger partial charge in [-0.15, -0.1) is 10.2 Å². The molecule has 1 aliphatic heterocycles. The molecule has 1 atom stereocenters. The van der Waals surface area contributed by atoms with Gasteiger partial charge in [-0.25, -0.2) is 0 Å². The summed E-state index contributed by atoms with van der Waals surface area (Å²) in [7, 11) is 0. The van der Waals surface area contributed by atoms with E-state index < -0.39 is 0 Å². The van der Waals surface area contributed by atoms with E-state index in [0.717, 1.165) is 28.4 Å². The van der Waals surface area contributed by atoms with Crippen molar-refractivity contribution >= 4 is 28.2 Å². The van der Waals surface area contributed by atoms with Gasteiger partial charge in [0, 0.05) is 18.9 Å². The number of ether oxygens (including phenoxy) is 1. The van der Waals surface area contributed by atoms with Crippen LogP contribution in [0.25, 0.3) is 0 Å². The van der Waals surface area contributed by atoms with Crippen molar-refractivity contribution < 1.29 is 4.74 Å². The summed E-state index contributed by atoms with van der Waals surface area (Å²) in [5.74, 6) is 1.00. The second kappa shape index (κ2) is 5.67. The van der Waals surface area contributed by atoms with Crippen molar-refractivity contribution in [3.8, 4) is 0 Å². The summed E-state index contributed by atoms with van der Waals surface area (Å²) in [6.45, 7) is 3.87. The number of nitrogens with zero attached hydrogens (tertiary/aromatic N) is 2. The van der Waals surface area contributed by atoms with E-state index in [1.807, 2.05) is 0 Å². The van der Waals surface area contributed by atoms with Crippen molar-refractivity contribution in [2.45, 2.75) is 30.2 Å². The van der Waals surface area contributed by atoms with Gasteiger partial charge in [0.25, 0.3) is 0 Å². The first kappa shape index (κ1) is 11.2. The molecule has 0 aromatic carbocycles. The van der Waals surface area contributed by atoms with Crippen LogP contribution in [0.1, 0.15) is 19.8 Å². The summed E-state index contributed by atoms with van der Waals surface area (Å²) < 4.78 is 6.58. The molecular weight excluding hydrogens is 230 g/mol. The highest BCUT2D eigenvalue weighted by atomic mass is 32.2. The van der Waals surface area contributed by atoms with Gasteiger partial charge in [-0.1, -0.05) is 23.1 Å². The lowest BCUT2D eigenvalue weighted by Crippen LogP contribution is -2.07. The summed E-state index contributed by atoms with van der Waals surface area (Å²) in [5.41, 5.74) is 0. The molecule has 1 aliphatic rings. The first-order valence-corrected chi connectivity index (χ1v) is 7.00. The fourth-order valence-electron chi connectivity index (χ4n) is 1.43. The normalized spacial score (nSPS) is 20.7. The molecule has 1 unspecified atom stereocenters. The minimum absolute atomic E-state index is 0.418. The van der Waals surface area contributed by atoms with E-state index in [2.05, 4.69) is 22.4 Å². The number of nitrogens with one attached hydrogen (secondary N) is 1. The molecule has 0 aliphatic carbocycles. The van der Waals surface area contributed by atoms with Gasteiger partial charge in [0.2, 0.25) is 5.13 Å². The third kappa shape index (κ3) is 3.32. The van der Waals surface area contributed by atoms with Crippen LogP contribution in [0, 0.1) is 0 Å². The summed E-state index contributed by atoms with van der Waals surface area (Å²) >= 11 is 3.36. The molecule has 1 saturated heterocycles. The fourth-order valence-corrected chi connectivity index (χ4v) is 3.34. The van der Waals surface area contributed by atoms with Crippen LogP contribution < -0.4 is 5.32 Å². The van der Waals surface area contributed by atoms with E-state index in [4.69, 9.17) is 4.74 Å². The number of hydrogen-bond acceptors (Lipinski definition) is 6. The van der Waals surface area contributed by atoms with Gasteiger partial charge in [-0.05, 0) is 19.8 Å². The first-order valence-electron chi connectivity index (χ1n) is 5.20. The van der Waals surface area contributed by atoms with Gasteiger partial charge < -0.3 is 10.1 Å². The Morgan fingerprint density at radius 2 is 2.53 bits per heavy atom. The Bertz CT molecular complexity index is 299. The van der Waals surface area contributed by atoms with E-state index in [-0.39, 0.29) is 0 Å². The lowest BCUT2D eigenvalue weighted by atomic mass is 10.3. The molecule has 1 N–H and O–H groups in total. The fraction of sp³-hybridized carbons (Fsp3) is 0.778. The van der Waals surface area contributed by atoms with Crippen LogP contribution in [0.5, 0.6) is 0 Å². The van der Waals surface area contributed by atoms with Crippen LogP contribution in [0.4, 0.5) is 5.13 Å². The largest absolute Gasteiger partial charge is 0.377 e. The molecule has 1 fully saturated rings.